The third-order valence-electron chi connectivity index (χ3n) is 7.52. The highest BCUT2D eigenvalue weighted by Crippen LogP contribution is 2.33. The van der Waals surface area contributed by atoms with Crippen LogP contribution in [0.2, 0.25) is 0 Å². The van der Waals surface area contributed by atoms with Crippen molar-refractivity contribution in [2.24, 2.45) is 0 Å². The van der Waals surface area contributed by atoms with E-state index in [9.17, 15) is 4.79 Å². The Morgan fingerprint density at radius 1 is 0.939 bits per heavy atom. The summed E-state index contributed by atoms with van der Waals surface area (Å²) in [5.41, 5.74) is 7.59. The van der Waals surface area contributed by atoms with Gasteiger partial charge in [0.1, 0.15) is 0 Å². The van der Waals surface area contributed by atoms with Crippen LogP contribution in [-0.2, 0) is 17.6 Å². The summed E-state index contributed by atoms with van der Waals surface area (Å²) in [7, 11) is 2.20. The van der Waals surface area contributed by atoms with Gasteiger partial charge in [-0.3, -0.25) is 4.79 Å². The number of hydrogen-bond acceptors (Lipinski definition) is 5. The van der Waals surface area contributed by atoms with E-state index in [4.69, 9.17) is 4.74 Å². The standard InChI is InChI=1S/C27H36N4O2/c1-20-3-10-26(31-13-11-29(2)12-14-31)25-19-22(6-9-24(20)25)28-27(32)21-4-7-23(8-5-21)30-15-17-33-18-16-30/h3-5,7-8,10,22H,6,9,11-19H2,1-2H3,(H,28,32)/p+1/t22-/m1/s1. The second kappa shape index (κ2) is 9.74. The Morgan fingerprint density at radius 2 is 1.67 bits per heavy atom. The van der Waals surface area contributed by atoms with Crippen LogP contribution >= 0.6 is 0 Å². The number of carbonyl (C=O) groups is 1. The summed E-state index contributed by atoms with van der Waals surface area (Å²) < 4.78 is 5.44. The summed E-state index contributed by atoms with van der Waals surface area (Å²) in [5, 5.41) is 3.33. The molecule has 1 N–H and O–H groups in total. The molecule has 0 unspecified atom stereocenters. The Balaban J connectivity index is 0.00000274. The molecule has 2 saturated heterocycles. The molecule has 0 aromatic heterocycles. The number of amides is 1. The molecule has 1 aliphatic carbocycles. The minimum Gasteiger partial charge on any atom is -0.378 e. The molecule has 6 nitrogen and oxygen atoms in total. The number of aryl methyl sites for hydroxylation is 1. The van der Waals surface area contributed by atoms with Crippen molar-refractivity contribution in [3.05, 3.63) is 58.7 Å². The Labute approximate surface area is 199 Å². The Bertz CT molecular complexity index is 983. The molecule has 33 heavy (non-hydrogen) atoms. The van der Waals surface area contributed by atoms with E-state index >= 15 is 0 Å². The fraction of sp³-hybridized carbons (Fsp3) is 0.519. The van der Waals surface area contributed by atoms with Crippen molar-refractivity contribution in [3.63, 3.8) is 0 Å². The van der Waals surface area contributed by atoms with Crippen LogP contribution in [0.1, 0.15) is 34.9 Å². The smallest absolute Gasteiger partial charge is 0.378 e. The largest absolute Gasteiger partial charge is 1.00 e. The maximum Gasteiger partial charge on any atom is 1.00 e. The number of morpholine rings is 1. The van der Waals surface area contributed by atoms with Gasteiger partial charge in [0, 0.05) is 62.2 Å². The first-order valence-corrected chi connectivity index (χ1v) is 12.4. The highest BCUT2D eigenvalue weighted by Gasteiger charge is 2.27. The summed E-state index contributed by atoms with van der Waals surface area (Å²) in [6.45, 7) is 9.90. The van der Waals surface area contributed by atoms with Crippen LogP contribution in [0.4, 0.5) is 11.4 Å². The van der Waals surface area contributed by atoms with Crippen molar-refractivity contribution in [1.29, 1.82) is 0 Å². The fourth-order valence-electron chi connectivity index (χ4n) is 5.42. The average Bonchev–Trinajstić information content (AvgIpc) is 2.86. The molecule has 1 atom stereocenters. The van der Waals surface area contributed by atoms with E-state index in [2.05, 4.69) is 58.3 Å². The zero-order valence-electron chi connectivity index (χ0n) is 21.0. The predicted molar refractivity (Wildman–Crippen MR) is 135 cm³/mol. The third-order valence-corrected chi connectivity index (χ3v) is 7.52. The van der Waals surface area contributed by atoms with E-state index in [1.807, 2.05) is 12.1 Å². The van der Waals surface area contributed by atoms with Gasteiger partial charge in [-0.15, -0.1) is 0 Å². The number of nitrogens with one attached hydrogen (secondary N) is 1. The van der Waals surface area contributed by atoms with Crippen LogP contribution in [0, 0.1) is 6.92 Å². The molecule has 176 valence electrons. The van der Waals surface area contributed by atoms with Crippen LogP contribution in [0.15, 0.2) is 36.4 Å². The monoisotopic (exact) mass is 449 g/mol. The second-order valence-electron chi connectivity index (χ2n) is 9.71. The minimum atomic E-state index is 0. The van der Waals surface area contributed by atoms with E-state index in [0.29, 0.717) is 0 Å². The van der Waals surface area contributed by atoms with Crippen LogP contribution < -0.4 is 15.1 Å². The first kappa shape index (κ1) is 22.2. The van der Waals surface area contributed by atoms with Gasteiger partial charge in [-0.1, -0.05) is 6.07 Å². The molecule has 2 aromatic rings. The topological polar surface area (TPSA) is 48.0 Å². The lowest BCUT2D eigenvalue weighted by Gasteiger charge is -2.37. The van der Waals surface area contributed by atoms with Gasteiger partial charge in [0.15, 0.2) is 0 Å². The number of fused-ring (bicyclic) bond motifs is 1. The van der Waals surface area contributed by atoms with Gasteiger partial charge < -0.3 is 24.8 Å². The van der Waals surface area contributed by atoms with Gasteiger partial charge in [-0.2, -0.15) is 0 Å². The van der Waals surface area contributed by atoms with Gasteiger partial charge in [0.25, 0.3) is 5.91 Å². The van der Waals surface area contributed by atoms with E-state index < -0.39 is 0 Å². The molecule has 2 heterocycles. The van der Waals surface area contributed by atoms with Crippen molar-refractivity contribution in [2.45, 2.75) is 32.2 Å². The van der Waals surface area contributed by atoms with Gasteiger partial charge in [-0.05, 0) is 80.3 Å². The van der Waals surface area contributed by atoms with Gasteiger partial charge in [-0.25, -0.2) is 0 Å². The van der Waals surface area contributed by atoms with Crippen LogP contribution in [0.25, 0.3) is 0 Å². The molecule has 0 bridgehead atoms. The number of benzene rings is 2. The number of hydrogen-bond donors (Lipinski definition) is 1. The highest BCUT2D eigenvalue weighted by atomic mass is 16.5. The quantitative estimate of drug-likeness (QED) is 0.778. The Kier molecular flexibility index (Phi) is 6.56. The minimum absolute atomic E-state index is 0. The maximum absolute atomic E-state index is 13.0. The SMILES string of the molecule is Cc1ccc(N2CCN(C)CC2)c2c1CC[C@@H](NC(=O)c1ccc(N3CCOCC3)cc1)C2.[H+]. The number of rotatable bonds is 4. The zero-order valence-corrected chi connectivity index (χ0v) is 20.0. The first-order valence-electron chi connectivity index (χ1n) is 12.4. The summed E-state index contributed by atoms with van der Waals surface area (Å²) in [5.74, 6) is 0.0331. The summed E-state index contributed by atoms with van der Waals surface area (Å²) in [4.78, 5) is 20.3. The van der Waals surface area contributed by atoms with Crippen molar-refractivity contribution in [2.75, 3.05) is 69.3 Å². The number of likely N-dealkylation sites (N-methyl/N-ethyl adjacent to an activating group) is 1. The fourth-order valence-corrected chi connectivity index (χ4v) is 5.42. The van der Waals surface area contributed by atoms with E-state index in [0.717, 1.165) is 83.0 Å². The first-order chi connectivity index (χ1) is 16.1. The van der Waals surface area contributed by atoms with E-state index in [1.54, 1.807) is 0 Å². The molecule has 2 aliphatic heterocycles. The zero-order chi connectivity index (χ0) is 22.8. The highest BCUT2D eigenvalue weighted by molar-refractivity contribution is 5.94. The molecule has 0 saturated carbocycles. The average molecular weight is 450 g/mol. The second-order valence-corrected chi connectivity index (χ2v) is 9.71. The van der Waals surface area contributed by atoms with Gasteiger partial charge in [0.05, 0.1) is 13.2 Å². The third kappa shape index (κ3) is 4.87. The van der Waals surface area contributed by atoms with Crippen LogP contribution in [-0.4, -0.2) is 76.4 Å². The lowest BCUT2D eigenvalue weighted by atomic mass is 9.84. The molecular formula is C27H37N4O2+. The van der Waals surface area contributed by atoms with Crippen LogP contribution in [0.3, 0.4) is 0 Å². The Morgan fingerprint density at radius 3 is 2.39 bits per heavy atom. The molecule has 1 amide bonds. The number of anilines is 2. The summed E-state index contributed by atoms with van der Waals surface area (Å²) >= 11 is 0. The van der Waals surface area contributed by atoms with E-state index in [1.165, 1.54) is 22.4 Å². The summed E-state index contributed by atoms with van der Waals surface area (Å²) in [6, 6.07) is 12.8. The molecule has 0 radical (unpaired) electrons. The molecule has 5 rings (SSSR count). The molecule has 2 aromatic carbocycles. The maximum atomic E-state index is 13.0. The van der Waals surface area contributed by atoms with Crippen molar-refractivity contribution in [1.82, 2.24) is 10.2 Å². The lowest BCUT2D eigenvalue weighted by molar-refractivity contribution is 0.0933. The van der Waals surface area contributed by atoms with Crippen molar-refractivity contribution in [3.8, 4) is 0 Å². The number of piperazine rings is 1. The van der Waals surface area contributed by atoms with Gasteiger partial charge >= 0.3 is 1.43 Å². The number of carbonyl (C=O) groups excluding carboxylic acids is 1. The lowest BCUT2D eigenvalue weighted by Crippen LogP contribution is -2.45. The molecular weight excluding hydrogens is 412 g/mol. The summed E-state index contributed by atoms with van der Waals surface area (Å²) in [6.07, 6.45) is 2.94. The predicted octanol–water partition coefficient (Wildman–Crippen LogP) is 2.98. The van der Waals surface area contributed by atoms with Gasteiger partial charge in [0.2, 0.25) is 0 Å². The number of ether oxygens (including phenoxy) is 1. The molecule has 2 fully saturated rings. The normalized spacial score (nSPS) is 21.6. The van der Waals surface area contributed by atoms with Crippen molar-refractivity contribution >= 4 is 17.3 Å². The molecule has 3 aliphatic rings. The molecule has 6 heteroatoms. The number of nitrogens with zero attached hydrogens (tertiary/aromatic N) is 3. The van der Waals surface area contributed by atoms with Crippen molar-refractivity contribution < 1.29 is 11.0 Å². The Hall–Kier alpha value is -2.57. The molecule has 0 spiro atoms. The van der Waals surface area contributed by atoms with Crippen LogP contribution in [0.5, 0.6) is 0 Å². The van der Waals surface area contributed by atoms with E-state index in [-0.39, 0.29) is 13.4 Å².